The third kappa shape index (κ3) is 3.54. The van der Waals surface area contributed by atoms with Crippen molar-refractivity contribution < 1.29 is 4.79 Å². The number of hydrogen-bond acceptors (Lipinski definition) is 6. The van der Waals surface area contributed by atoms with E-state index in [2.05, 4.69) is 27.2 Å². The first-order valence-electron chi connectivity index (χ1n) is 8.41. The van der Waals surface area contributed by atoms with Crippen LogP contribution in [0, 0.1) is 0 Å². The molecule has 1 aliphatic heterocycles. The predicted octanol–water partition coefficient (Wildman–Crippen LogP) is 1.72. The van der Waals surface area contributed by atoms with Gasteiger partial charge in [-0.15, -0.1) is 16.4 Å². The molecule has 7 nitrogen and oxygen atoms in total. The molecule has 1 saturated heterocycles. The first-order valence-corrected chi connectivity index (χ1v) is 9.23. The minimum atomic E-state index is 0.0936. The monoisotopic (exact) mass is 356 g/mol. The SMILES string of the molecule is CN1CCCN(C(=O)Cn2cc(-c3nc4ccccc4s3)nn2)CC1. The van der Waals surface area contributed by atoms with Gasteiger partial charge in [0.15, 0.2) is 0 Å². The van der Waals surface area contributed by atoms with Crippen molar-refractivity contribution in [3.8, 4) is 10.7 Å². The van der Waals surface area contributed by atoms with Gasteiger partial charge in [-0.2, -0.15) is 0 Å². The number of nitrogens with zero attached hydrogens (tertiary/aromatic N) is 6. The summed E-state index contributed by atoms with van der Waals surface area (Å²) in [5.74, 6) is 0.0936. The second-order valence-electron chi connectivity index (χ2n) is 6.33. The highest BCUT2D eigenvalue weighted by molar-refractivity contribution is 7.21. The molecule has 0 atom stereocenters. The molecule has 0 unspecified atom stereocenters. The Morgan fingerprint density at radius 1 is 1.20 bits per heavy atom. The van der Waals surface area contributed by atoms with Crippen LogP contribution < -0.4 is 0 Å². The van der Waals surface area contributed by atoms with Crippen molar-refractivity contribution in [3.63, 3.8) is 0 Å². The van der Waals surface area contributed by atoms with Gasteiger partial charge in [-0.25, -0.2) is 9.67 Å². The number of hydrogen-bond donors (Lipinski definition) is 0. The van der Waals surface area contributed by atoms with Crippen molar-refractivity contribution in [2.75, 3.05) is 33.2 Å². The van der Waals surface area contributed by atoms with Crippen LogP contribution in [0.15, 0.2) is 30.5 Å². The van der Waals surface area contributed by atoms with Crippen LogP contribution in [0.4, 0.5) is 0 Å². The van der Waals surface area contributed by atoms with Gasteiger partial charge in [-0.1, -0.05) is 17.3 Å². The second kappa shape index (κ2) is 6.89. The Balaban J connectivity index is 1.46. The number of benzene rings is 1. The van der Waals surface area contributed by atoms with Gasteiger partial charge in [0.2, 0.25) is 5.91 Å². The summed E-state index contributed by atoms with van der Waals surface area (Å²) in [4.78, 5) is 21.3. The summed E-state index contributed by atoms with van der Waals surface area (Å²) in [5.41, 5.74) is 1.67. The minimum absolute atomic E-state index is 0.0936. The van der Waals surface area contributed by atoms with Crippen LogP contribution in [0.1, 0.15) is 6.42 Å². The maximum atomic E-state index is 12.5. The van der Waals surface area contributed by atoms with E-state index in [0.29, 0.717) is 5.69 Å². The smallest absolute Gasteiger partial charge is 0.244 e. The lowest BCUT2D eigenvalue weighted by molar-refractivity contribution is -0.131. The Kier molecular flexibility index (Phi) is 4.46. The van der Waals surface area contributed by atoms with E-state index < -0.39 is 0 Å². The van der Waals surface area contributed by atoms with Crippen LogP contribution in [0.25, 0.3) is 20.9 Å². The highest BCUT2D eigenvalue weighted by atomic mass is 32.1. The Labute approximate surface area is 149 Å². The van der Waals surface area contributed by atoms with Crippen LogP contribution in [-0.2, 0) is 11.3 Å². The van der Waals surface area contributed by atoms with Crippen LogP contribution in [0.2, 0.25) is 0 Å². The van der Waals surface area contributed by atoms with Gasteiger partial charge in [-0.3, -0.25) is 4.79 Å². The fourth-order valence-electron chi connectivity index (χ4n) is 2.99. The number of aromatic nitrogens is 4. The average Bonchev–Trinajstić information content (AvgIpc) is 3.18. The summed E-state index contributed by atoms with van der Waals surface area (Å²) < 4.78 is 2.73. The average molecular weight is 356 g/mol. The molecule has 0 bridgehead atoms. The number of carbonyl (C=O) groups excluding carboxylic acids is 1. The van der Waals surface area contributed by atoms with Crippen molar-refractivity contribution in [1.82, 2.24) is 29.8 Å². The lowest BCUT2D eigenvalue weighted by atomic mass is 10.3. The van der Waals surface area contributed by atoms with E-state index in [9.17, 15) is 4.79 Å². The van der Waals surface area contributed by atoms with E-state index in [4.69, 9.17) is 0 Å². The van der Waals surface area contributed by atoms with Crippen LogP contribution >= 0.6 is 11.3 Å². The topological polar surface area (TPSA) is 67.2 Å². The third-order valence-corrected chi connectivity index (χ3v) is 5.48. The van der Waals surface area contributed by atoms with Crippen molar-refractivity contribution in [2.24, 2.45) is 0 Å². The standard InChI is InChI=1S/C17H20N6OS/c1-21-7-4-8-22(10-9-21)16(24)12-23-11-14(19-20-23)17-18-13-5-2-3-6-15(13)25-17/h2-3,5-6,11H,4,7-10,12H2,1H3. The van der Waals surface area contributed by atoms with Gasteiger partial charge in [0.1, 0.15) is 17.2 Å². The van der Waals surface area contributed by atoms with Crippen LogP contribution in [-0.4, -0.2) is 68.9 Å². The first-order chi connectivity index (χ1) is 12.2. The maximum absolute atomic E-state index is 12.5. The molecular weight excluding hydrogens is 336 g/mol. The zero-order chi connectivity index (χ0) is 17.2. The Morgan fingerprint density at radius 3 is 2.96 bits per heavy atom. The van der Waals surface area contributed by atoms with E-state index in [-0.39, 0.29) is 12.5 Å². The van der Waals surface area contributed by atoms with E-state index in [1.165, 1.54) is 0 Å². The number of carbonyl (C=O) groups is 1. The molecule has 0 spiro atoms. The normalized spacial score (nSPS) is 16.3. The van der Waals surface area contributed by atoms with E-state index in [1.807, 2.05) is 29.2 Å². The zero-order valence-electron chi connectivity index (χ0n) is 14.1. The molecule has 0 saturated carbocycles. The highest BCUT2D eigenvalue weighted by Gasteiger charge is 2.19. The second-order valence-corrected chi connectivity index (χ2v) is 7.36. The first kappa shape index (κ1) is 16.2. The molecule has 0 aliphatic carbocycles. The number of fused-ring (bicyclic) bond motifs is 1. The van der Waals surface area contributed by atoms with E-state index in [0.717, 1.165) is 47.8 Å². The molecule has 3 aromatic rings. The number of para-hydroxylation sites is 1. The van der Waals surface area contributed by atoms with Gasteiger partial charge in [-0.05, 0) is 32.1 Å². The molecule has 8 heteroatoms. The lowest BCUT2D eigenvalue weighted by Crippen LogP contribution is -2.36. The molecule has 1 aromatic carbocycles. The summed E-state index contributed by atoms with van der Waals surface area (Å²) in [6.07, 6.45) is 2.82. The third-order valence-electron chi connectivity index (χ3n) is 4.42. The summed E-state index contributed by atoms with van der Waals surface area (Å²) in [5, 5.41) is 9.13. The largest absolute Gasteiger partial charge is 0.340 e. The number of rotatable bonds is 3. The fraction of sp³-hybridized carbons (Fsp3) is 0.412. The molecule has 1 amide bonds. The molecule has 0 radical (unpaired) electrons. The van der Waals surface area contributed by atoms with Crippen molar-refractivity contribution >= 4 is 27.5 Å². The highest BCUT2D eigenvalue weighted by Crippen LogP contribution is 2.28. The van der Waals surface area contributed by atoms with Gasteiger partial charge in [0, 0.05) is 19.6 Å². The zero-order valence-corrected chi connectivity index (χ0v) is 14.9. The molecule has 1 fully saturated rings. The summed E-state index contributed by atoms with van der Waals surface area (Å²) in [6.45, 7) is 3.76. The van der Waals surface area contributed by atoms with Crippen molar-refractivity contribution in [3.05, 3.63) is 30.5 Å². The maximum Gasteiger partial charge on any atom is 0.244 e. The van der Waals surface area contributed by atoms with Crippen LogP contribution in [0.5, 0.6) is 0 Å². The van der Waals surface area contributed by atoms with E-state index in [1.54, 1.807) is 22.2 Å². The van der Waals surface area contributed by atoms with Crippen molar-refractivity contribution in [1.29, 1.82) is 0 Å². The van der Waals surface area contributed by atoms with Gasteiger partial charge >= 0.3 is 0 Å². The van der Waals surface area contributed by atoms with Crippen LogP contribution in [0.3, 0.4) is 0 Å². The Morgan fingerprint density at radius 2 is 2.08 bits per heavy atom. The molecule has 1 aliphatic rings. The Hall–Kier alpha value is -2.32. The minimum Gasteiger partial charge on any atom is -0.340 e. The van der Waals surface area contributed by atoms with E-state index >= 15 is 0 Å². The van der Waals surface area contributed by atoms with Gasteiger partial charge < -0.3 is 9.80 Å². The molecule has 130 valence electrons. The number of thiazole rings is 1. The van der Waals surface area contributed by atoms with Gasteiger partial charge in [0.25, 0.3) is 0 Å². The summed E-state index contributed by atoms with van der Waals surface area (Å²) in [6, 6.07) is 8.00. The summed E-state index contributed by atoms with van der Waals surface area (Å²) in [7, 11) is 2.09. The molecule has 0 N–H and O–H groups in total. The predicted molar refractivity (Wildman–Crippen MR) is 97.3 cm³/mol. The molecular formula is C17H20N6OS. The Bertz CT molecular complexity index is 855. The number of amides is 1. The van der Waals surface area contributed by atoms with Crippen molar-refractivity contribution in [2.45, 2.75) is 13.0 Å². The number of likely N-dealkylation sites (N-methyl/N-ethyl adjacent to an activating group) is 1. The quantitative estimate of drug-likeness (QED) is 0.715. The van der Waals surface area contributed by atoms with Gasteiger partial charge in [0.05, 0.1) is 16.4 Å². The molecule has 3 heterocycles. The molecule has 2 aromatic heterocycles. The molecule has 4 rings (SSSR count). The summed E-state index contributed by atoms with van der Waals surface area (Å²) >= 11 is 1.59. The lowest BCUT2D eigenvalue weighted by Gasteiger charge is -2.20. The molecule has 25 heavy (non-hydrogen) atoms. The fourth-order valence-corrected chi connectivity index (χ4v) is 3.91.